The van der Waals surface area contributed by atoms with Gasteiger partial charge in [0, 0.05) is 24.8 Å². The summed E-state index contributed by atoms with van der Waals surface area (Å²) in [6, 6.07) is 1.73. The zero-order valence-electron chi connectivity index (χ0n) is 15.8. The van der Waals surface area contributed by atoms with Crippen molar-refractivity contribution in [3.05, 3.63) is 17.5 Å². The van der Waals surface area contributed by atoms with Gasteiger partial charge >= 0.3 is 0 Å². The van der Waals surface area contributed by atoms with E-state index in [1.54, 1.807) is 6.07 Å². The molecule has 0 aliphatic carbocycles. The number of rotatable bonds is 5. The fraction of sp³-hybridized carbons (Fsp3) is 0.706. The predicted octanol–water partition coefficient (Wildman–Crippen LogP) is -0.327. The molecule has 1 aliphatic rings. The van der Waals surface area contributed by atoms with Gasteiger partial charge in [0.15, 0.2) is 0 Å². The van der Waals surface area contributed by atoms with E-state index in [1.165, 1.54) is 12.0 Å². The summed E-state index contributed by atoms with van der Waals surface area (Å²) in [5, 5.41) is 20.4. The number of carbonyl (C=O) groups is 2. The minimum atomic E-state index is -1.38. The highest BCUT2D eigenvalue weighted by Gasteiger charge is 2.36. The quantitative estimate of drug-likeness (QED) is 0.655. The summed E-state index contributed by atoms with van der Waals surface area (Å²) in [6.07, 6.45) is 0. The second-order valence-electron chi connectivity index (χ2n) is 7.63. The molecule has 0 unspecified atom stereocenters. The van der Waals surface area contributed by atoms with Crippen LogP contribution in [0.3, 0.4) is 0 Å². The molecule has 0 radical (unpaired) electrons. The molecule has 1 fully saturated rings. The highest BCUT2D eigenvalue weighted by Crippen LogP contribution is 2.21. The average Bonchev–Trinajstić information content (AvgIpc) is 2.98. The molecule has 26 heavy (non-hydrogen) atoms. The van der Waals surface area contributed by atoms with Crippen molar-refractivity contribution < 1.29 is 24.2 Å². The van der Waals surface area contributed by atoms with Gasteiger partial charge in [0.1, 0.15) is 17.9 Å². The van der Waals surface area contributed by atoms with E-state index in [9.17, 15) is 14.7 Å². The second-order valence-corrected chi connectivity index (χ2v) is 7.63. The fourth-order valence-electron chi connectivity index (χ4n) is 2.62. The zero-order chi connectivity index (χ0) is 19.4. The molecule has 146 valence electrons. The molecule has 9 nitrogen and oxygen atoms in total. The van der Waals surface area contributed by atoms with Gasteiger partial charge in [0.05, 0.1) is 26.3 Å². The van der Waals surface area contributed by atoms with Crippen LogP contribution in [0.1, 0.15) is 37.0 Å². The molecule has 0 spiro atoms. The maximum atomic E-state index is 12.8. The number of β-amino-alcohol motifs (C(OH)–C–C–N with tert-alkyl or cyclic N) is 1. The molecular weight excluding hydrogens is 340 g/mol. The predicted molar refractivity (Wildman–Crippen MR) is 93.8 cm³/mol. The average molecular weight is 368 g/mol. The van der Waals surface area contributed by atoms with Gasteiger partial charge in [-0.25, -0.2) is 0 Å². The molecule has 0 saturated carbocycles. The largest absolute Gasteiger partial charge is 0.384 e. The third-order valence-electron chi connectivity index (χ3n) is 4.14. The van der Waals surface area contributed by atoms with Crippen molar-refractivity contribution in [1.29, 1.82) is 0 Å². The number of aromatic amines is 1. The van der Waals surface area contributed by atoms with E-state index in [2.05, 4.69) is 15.5 Å². The van der Waals surface area contributed by atoms with Crippen LogP contribution in [0.5, 0.6) is 0 Å². The maximum absolute atomic E-state index is 12.8. The molecule has 1 atom stereocenters. The molecule has 1 saturated heterocycles. The van der Waals surface area contributed by atoms with E-state index in [0.29, 0.717) is 18.8 Å². The monoisotopic (exact) mass is 368 g/mol. The maximum Gasteiger partial charge on any atom is 0.274 e. The molecule has 2 heterocycles. The van der Waals surface area contributed by atoms with Crippen molar-refractivity contribution in [1.82, 2.24) is 20.4 Å². The van der Waals surface area contributed by atoms with Crippen molar-refractivity contribution in [3.63, 3.8) is 0 Å². The molecule has 2 rings (SSSR count). The molecule has 1 aromatic rings. The van der Waals surface area contributed by atoms with Crippen LogP contribution in [-0.2, 0) is 19.7 Å². The summed E-state index contributed by atoms with van der Waals surface area (Å²) in [7, 11) is 1.42. The van der Waals surface area contributed by atoms with Gasteiger partial charge in [-0.3, -0.25) is 14.7 Å². The molecule has 3 N–H and O–H groups in total. The van der Waals surface area contributed by atoms with Crippen LogP contribution < -0.4 is 5.32 Å². The third-order valence-corrected chi connectivity index (χ3v) is 4.14. The fourth-order valence-corrected chi connectivity index (χ4v) is 2.62. The number of ether oxygens (including phenoxy) is 2. The number of methoxy groups -OCH3 is 1. The van der Waals surface area contributed by atoms with E-state index >= 15 is 0 Å². The van der Waals surface area contributed by atoms with Gasteiger partial charge < -0.3 is 24.8 Å². The van der Waals surface area contributed by atoms with Crippen LogP contribution in [0.15, 0.2) is 6.07 Å². The number of amides is 2. The minimum absolute atomic E-state index is 0.0256. The number of nitrogens with zero attached hydrogens (tertiary/aromatic N) is 2. The van der Waals surface area contributed by atoms with Gasteiger partial charge in [-0.1, -0.05) is 20.8 Å². The van der Waals surface area contributed by atoms with Crippen LogP contribution in [0, 0.1) is 0 Å². The second kappa shape index (κ2) is 8.15. The van der Waals surface area contributed by atoms with Crippen LogP contribution in [0.25, 0.3) is 0 Å². The first kappa shape index (κ1) is 20.3. The number of nitrogens with one attached hydrogen (secondary N) is 2. The summed E-state index contributed by atoms with van der Waals surface area (Å²) in [6.45, 7) is 6.65. The summed E-state index contributed by atoms with van der Waals surface area (Å²) < 4.78 is 10.2. The van der Waals surface area contributed by atoms with Gasteiger partial charge in [-0.2, -0.15) is 5.10 Å². The first-order valence-electron chi connectivity index (χ1n) is 8.55. The number of aromatic nitrogens is 2. The van der Waals surface area contributed by atoms with E-state index < -0.39 is 5.60 Å². The Hall–Kier alpha value is -1.97. The molecule has 0 bridgehead atoms. The molecule has 1 aromatic heterocycles. The third kappa shape index (κ3) is 5.26. The molecule has 2 amide bonds. The van der Waals surface area contributed by atoms with E-state index in [-0.39, 0.29) is 43.5 Å². The molecule has 9 heteroatoms. The van der Waals surface area contributed by atoms with E-state index in [0.717, 1.165) is 5.69 Å². The topological polar surface area (TPSA) is 117 Å². The Balaban J connectivity index is 2.07. The molecule has 0 aromatic carbocycles. The van der Waals surface area contributed by atoms with Crippen molar-refractivity contribution in [3.8, 4) is 0 Å². The number of H-pyrrole nitrogens is 1. The highest BCUT2D eigenvalue weighted by molar-refractivity contribution is 5.92. The van der Waals surface area contributed by atoms with Gasteiger partial charge in [0.25, 0.3) is 5.91 Å². The van der Waals surface area contributed by atoms with Gasteiger partial charge in [-0.15, -0.1) is 0 Å². The van der Waals surface area contributed by atoms with Crippen LogP contribution in [-0.4, -0.2) is 84.2 Å². The Labute approximate surface area is 153 Å². The molecular formula is C17H28N4O5. The Morgan fingerprint density at radius 2 is 2.23 bits per heavy atom. The first-order chi connectivity index (χ1) is 12.1. The number of hydrogen-bond donors (Lipinski definition) is 3. The normalized spacial score (nSPS) is 21.3. The number of aliphatic hydroxyl groups is 1. The number of carbonyl (C=O) groups excluding carboxylic acids is 2. The summed E-state index contributed by atoms with van der Waals surface area (Å²) in [5.41, 5.74) is -0.380. The standard InChI is InChI=1S/C17H28N4O5/c1-16(2,3)13-7-12(19-20-13)15(23)21-5-6-26-11-17(24,10-21)9-18-14(22)8-25-4/h7,24H,5-6,8-11H2,1-4H3,(H,18,22)(H,19,20)/t17-/m0/s1. The first-order valence-corrected chi connectivity index (χ1v) is 8.55. The minimum Gasteiger partial charge on any atom is -0.384 e. The summed E-state index contributed by atoms with van der Waals surface area (Å²) in [5.74, 6) is -0.630. The Morgan fingerprint density at radius 3 is 2.85 bits per heavy atom. The lowest BCUT2D eigenvalue weighted by Gasteiger charge is -2.30. The Kier molecular flexibility index (Phi) is 6.38. The lowest BCUT2D eigenvalue weighted by Crippen LogP contribution is -2.53. The van der Waals surface area contributed by atoms with E-state index in [4.69, 9.17) is 9.47 Å². The van der Waals surface area contributed by atoms with E-state index in [1.807, 2.05) is 20.8 Å². The lowest BCUT2D eigenvalue weighted by molar-refractivity contribution is -0.126. The summed E-state index contributed by atoms with van der Waals surface area (Å²) >= 11 is 0. The van der Waals surface area contributed by atoms with Crippen molar-refractivity contribution in [2.45, 2.75) is 31.8 Å². The smallest absolute Gasteiger partial charge is 0.274 e. The van der Waals surface area contributed by atoms with Crippen molar-refractivity contribution >= 4 is 11.8 Å². The van der Waals surface area contributed by atoms with Crippen LogP contribution in [0.4, 0.5) is 0 Å². The van der Waals surface area contributed by atoms with Crippen molar-refractivity contribution in [2.75, 3.05) is 46.6 Å². The lowest BCUT2D eigenvalue weighted by atomic mass is 9.92. The van der Waals surface area contributed by atoms with Gasteiger partial charge in [0.2, 0.25) is 5.91 Å². The number of hydrogen-bond acceptors (Lipinski definition) is 6. The van der Waals surface area contributed by atoms with Crippen LogP contribution in [0.2, 0.25) is 0 Å². The zero-order valence-corrected chi connectivity index (χ0v) is 15.8. The molecule has 1 aliphatic heterocycles. The summed E-state index contributed by atoms with van der Waals surface area (Å²) in [4.78, 5) is 25.9. The van der Waals surface area contributed by atoms with Gasteiger partial charge in [-0.05, 0) is 6.07 Å². The SMILES string of the molecule is COCC(=O)NC[C@@]1(O)COCCN(C(=O)c2cc(C(C)(C)C)[nH]n2)C1. The Morgan fingerprint density at radius 1 is 1.50 bits per heavy atom. The highest BCUT2D eigenvalue weighted by atomic mass is 16.5. The Bertz CT molecular complexity index is 639. The van der Waals surface area contributed by atoms with Crippen LogP contribution >= 0.6 is 0 Å². The van der Waals surface area contributed by atoms with Crippen molar-refractivity contribution in [2.24, 2.45) is 0 Å².